The second kappa shape index (κ2) is 5.20. The highest BCUT2D eigenvalue weighted by atomic mass is 79.9. The van der Waals surface area contributed by atoms with Crippen molar-refractivity contribution in [2.45, 2.75) is 12.8 Å². The minimum absolute atomic E-state index is 0.0198. The van der Waals surface area contributed by atoms with Gasteiger partial charge in [-0.15, -0.1) is 0 Å². The molecular formula is C9H9BrF2N2O2. The van der Waals surface area contributed by atoms with Gasteiger partial charge in [-0.1, -0.05) is 0 Å². The summed E-state index contributed by atoms with van der Waals surface area (Å²) in [6.07, 6.45) is -1.66. The number of nitrogens with zero attached hydrogens (tertiary/aromatic N) is 1. The van der Waals surface area contributed by atoms with Crippen LogP contribution in [0.25, 0.3) is 0 Å². The maximum absolute atomic E-state index is 12.6. The topological polar surface area (TPSA) is 65.2 Å². The highest BCUT2D eigenvalue weighted by Gasteiger charge is 2.20. The lowest BCUT2D eigenvalue weighted by atomic mass is 10.1. The molecule has 16 heavy (non-hydrogen) atoms. The maximum Gasteiger partial charge on any atom is 0.310 e. The van der Waals surface area contributed by atoms with Gasteiger partial charge in [0.15, 0.2) is 0 Å². The van der Waals surface area contributed by atoms with Crippen molar-refractivity contribution in [2.75, 3.05) is 12.8 Å². The van der Waals surface area contributed by atoms with Crippen LogP contribution < -0.4 is 5.73 Å². The van der Waals surface area contributed by atoms with E-state index in [-0.39, 0.29) is 22.3 Å². The lowest BCUT2D eigenvalue weighted by Gasteiger charge is -2.10. The Kier molecular flexibility index (Phi) is 4.17. The molecule has 1 rings (SSSR count). The van der Waals surface area contributed by atoms with Gasteiger partial charge in [-0.25, -0.2) is 13.8 Å². The van der Waals surface area contributed by atoms with Crippen molar-refractivity contribution in [3.05, 3.63) is 21.9 Å². The molecule has 1 heterocycles. The Hall–Kier alpha value is -1.24. The third-order valence-corrected chi connectivity index (χ3v) is 2.60. The normalized spacial score (nSPS) is 10.6. The molecule has 0 saturated heterocycles. The molecule has 0 amide bonds. The minimum atomic E-state index is -2.75. The van der Waals surface area contributed by atoms with Gasteiger partial charge in [-0.2, -0.15) is 0 Å². The van der Waals surface area contributed by atoms with Gasteiger partial charge in [-0.05, 0) is 15.9 Å². The molecule has 4 nitrogen and oxygen atoms in total. The largest absolute Gasteiger partial charge is 0.469 e. The Balaban J connectivity index is 3.13. The van der Waals surface area contributed by atoms with Gasteiger partial charge in [0.2, 0.25) is 0 Å². The number of hydrogen-bond donors (Lipinski definition) is 1. The van der Waals surface area contributed by atoms with Gasteiger partial charge >= 0.3 is 5.97 Å². The zero-order chi connectivity index (χ0) is 12.3. The average molecular weight is 295 g/mol. The summed E-state index contributed by atoms with van der Waals surface area (Å²) in [6.45, 7) is 0. The number of esters is 1. The molecule has 0 bridgehead atoms. The summed E-state index contributed by atoms with van der Waals surface area (Å²) in [5.74, 6) is -0.559. The third-order valence-electron chi connectivity index (χ3n) is 1.97. The molecule has 0 aliphatic carbocycles. The smallest absolute Gasteiger partial charge is 0.310 e. The number of methoxy groups -OCH3 is 1. The molecule has 1 aromatic rings. The molecule has 1 aromatic heterocycles. The predicted molar refractivity (Wildman–Crippen MR) is 57.0 cm³/mol. The van der Waals surface area contributed by atoms with Crippen molar-refractivity contribution < 1.29 is 18.3 Å². The predicted octanol–water partition coefficient (Wildman–Crippen LogP) is 2.08. The van der Waals surface area contributed by atoms with Crippen LogP contribution in [0.15, 0.2) is 10.8 Å². The summed E-state index contributed by atoms with van der Waals surface area (Å²) in [5.41, 5.74) is 5.22. The summed E-state index contributed by atoms with van der Waals surface area (Å²) < 4.78 is 29.6. The van der Waals surface area contributed by atoms with Crippen LogP contribution in [0.4, 0.5) is 14.5 Å². The first-order valence-corrected chi connectivity index (χ1v) is 5.04. The van der Waals surface area contributed by atoms with Gasteiger partial charge in [0.25, 0.3) is 6.43 Å². The molecule has 88 valence electrons. The molecule has 0 atom stereocenters. The first-order valence-electron chi connectivity index (χ1n) is 4.25. The molecule has 0 aliphatic heterocycles. The first-order chi connectivity index (χ1) is 7.47. The van der Waals surface area contributed by atoms with Crippen LogP contribution in [0, 0.1) is 0 Å². The second-order valence-corrected chi connectivity index (χ2v) is 3.71. The molecule has 0 unspecified atom stereocenters. The van der Waals surface area contributed by atoms with E-state index in [1.165, 1.54) is 13.3 Å². The highest BCUT2D eigenvalue weighted by molar-refractivity contribution is 9.10. The number of pyridine rings is 1. The van der Waals surface area contributed by atoms with E-state index in [1.54, 1.807) is 0 Å². The molecule has 2 N–H and O–H groups in total. The second-order valence-electron chi connectivity index (χ2n) is 2.96. The third kappa shape index (κ3) is 2.66. The van der Waals surface area contributed by atoms with Crippen molar-refractivity contribution in [3.8, 4) is 0 Å². The number of nitrogen functional groups attached to an aromatic ring is 1. The van der Waals surface area contributed by atoms with E-state index < -0.39 is 18.0 Å². The number of anilines is 1. The van der Waals surface area contributed by atoms with Crippen LogP contribution in [-0.2, 0) is 16.0 Å². The van der Waals surface area contributed by atoms with Crippen LogP contribution >= 0.6 is 15.9 Å². The van der Waals surface area contributed by atoms with E-state index in [9.17, 15) is 13.6 Å². The number of hydrogen-bond acceptors (Lipinski definition) is 4. The van der Waals surface area contributed by atoms with E-state index in [1.807, 2.05) is 0 Å². The molecule has 7 heteroatoms. The number of halogens is 3. The Morgan fingerprint density at radius 2 is 2.31 bits per heavy atom. The number of nitrogens with two attached hydrogens (primary N) is 1. The van der Waals surface area contributed by atoms with Crippen molar-refractivity contribution >= 4 is 27.6 Å². The zero-order valence-corrected chi connectivity index (χ0v) is 9.92. The maximum atomic E-state index is 12.6. The number of aromatic nitrogens is 1. The lowest BCUT2D eigenvalue weighted by Crippen LogP contribution is -2.10. The number of ether oxygens (including phenoxy) is 1. The fraction of sp³-hybridized carbons (Fsp3) is 0.333. The Morgan fingerprint density at radius 1 is 1.69 bits per heavy atom. The number of carbonyl (C=O) groups is 1. The monoisotopic (exact) mass is 294 g/mol. The summed E-state index contributed by atoms with van der Waals surface area (Å²) in [5, 5.41) is 0. The van der Waals surface area contributed by atoms with E-state index in [0.29, 0.717) is 0 Å². The Labute approximate surface area is 98.9 Å². The van der Waals surface area contributed by atoms with Crippen LogP contribution in [0.1, 0.15) is 17.6 Å². The molecule has 0 radical (unpaired) electrons. The van der Waals surface area contributed by atoms with E-state index in [0.717, 1.165) is 0 Å². The molecule has 0 saturated carbocycles. The van der Waals surface area contributed by atoms with Crippen molar-refractivity contribution in [1.29, 1.82) is 0 Å². The quantitative estimate of drug-likeness (QED) is 0.685. The first kappa shape index (κ1) is 12.8. The summed E-state index contributed by atoms with van der Waals surface area (Å²) in [6, 6.07) is 0. The lowest BCUT2D eigenvalue weighted by molar-refractivity contribution is -0.139. The molecule has 0 aromatic carbocycles. The van der Waals surface area contributed by atoms with Crippen molar-refractivity contribution in [1.82, 2.24) is 4.98 Å². The molecule has 0 aliphatic rings. The Bertz CT molecular complexity index is 413. The molecule has 0 spiro atoms. The molecular weight excluding hydrogens is 286 g/mol. The van der Waals surface area contributed by atoms with Gasteiger partial charge in [-0.3, -0.25) is 4.79 Å². The fourth-order valence-electron chi connectivity index (χ4n) is 1.13. The van der Waals surface area contributed by atoms with Gasteiger partial charge in [0, 0.05) is 17.4 Å². The van der Waals surface area contributed by atoms with Crippen LogP contribution in [-0.4, -0.2) is 18.1 Å². The van der Waals surface area contributed by atoms with E-state index in [4.69, 9.17) is 5.73 Å². The van der Waals surface area contributed by atoms with Crippen molar-refractivity contribution in [2.24, 2.45) is 0 Å². The van der Waals surface area contributed by atoms with Gasteiger partial charge in [0.05, 0.1) is 19.1 Å². The van der Waals surface area contributed by atoms with Gasteiger partial charge < -0.3 is 10.5 Å². The number of rotatable bonds is 3. The minimum Gasteiger partial charge on any atom is -0.469 e. The summed E-state index contributed by atoms with van der Waals surface area (Å²) >= 11 is 2.88. The van der Waals surface area contributed by atoms with Crippen molar-refractivity contribution in [3.63, 3.8) is 0 Å². The van der Waals surface area contributed by atoms with E-state index >= 15 is 0 Å². The SMILES string of the molecule is COC(=O)Cc1cnc(Br)c(C(F)F)c1N. The van der Waals surface area contributed by atoms with Gasteiger partial charge in [0.1, 0.15) is 4.60 Å². The van der Waals surface area contributed by atoms with Crippen LogP contribution in [0.2, 0.25) is 0 Å². The number of alkyl halides is 2. The molecule has 0 fully saturated rings. The summed E-state index contributed by atoms with van der Waals surface area (Å²) in [7, 11) is 1.21. The number of carbonyl (C=O) groups excluding carboxylic acids is 1. The summed E-state index contributed by atoms with van der Waals surface area (Å²) in [4.78, 5) is 14.7. The van der Waals surface area contributed by atoms with Crippen LogP contribution in [0.5, 0.6) is 0 Å². The van der Waals surface area contributed by atoms with E-state index in [2.05, 4.69) is 25.7 Å². The standard InChI is InChI=1S/C9H9BrF2N2O2/c1-16-5(15)2-4-3-14-8(10)6(7(4)13)9(11)12/h3,9H,2H2,1H3,(H2,13,14). The average Bonchev–Trinajstić information content (AvgIpc) is 2.21. The van der Waals surface area contributed by atoms with Crippen LogP contribution in [0.3, 0.4) is 0 Å². The Morgan fingerprint density at radius 3 is 2.81 bits per heavy atom. The zero-order valence-electron chi connectivity index (χ0n) is 8.34. The highest BCUT2D eigenvalue weighted by Crippen LogP contribution is 2.32. The fourth-order valence-corrected chi connectivity index (χ4v) is 1.62.